The van der Waals surface area contributed by atoms with Gasteiger partial charge in [-0.25, -0.2) is 9.78 Å². The molecule has 5 aliphatic rings. The number of nitro groups is 1. The van der Waals surface area contributed by atoms with Crippen molar-refractivity contribution in [3.8, 4) is 0 Å². The van der Waals surface area contributed by atoms with E-state index in [2.05, 4.69) is 0 Å². The van der Waals surface area contributed by atoms with Crippen LogP contribution < -0.4 is 0 Å². The minimum absolute atomic E-state index is 0.0322. The number of benzene rings is 2. The molecule has 204 valence electrons. The van der Waals surface area contributed by atoms with Gasteiger partial charge in [0.25, 0.3) is 5.69 Å². The predicted molar refractivity (Wildman–Crippen MR) is 152 cm³/mol. The lowest BCUT2D eigenvalue weighted by atomic mass is 9.48. The van der Waals surface area contributed by atoms with Crippen molar-refractivity contribution in [2.24, 2.45) is 23.2 Å². The number of carbonyl (C=O) groups is 2. The summed E-state index contributed by atoms with van der Waals surface area (Å²) in [5.41, 5.74) is 4.12. The van der Waals surface area contributed by atoms with E-state index in [9.17, 15) is 19.7 Å². The highest BCUT2D eigenvalue weighted by Crippen LogP contribution is 2.60. The Hall–Kier alpha value is -3.87. The molecule has 40 heavy (non-hydrogen) atoms. The molecule has 1 heterocycles. The number of non-ortho nitro benzene ring substituents is 1. The van der Waals surface area contributed by atoms with Gasteiger partial charge in [0.2, 0.25) is 0 Å². The normalized spacial score (nSPS) is 27.5. The number of Topliss-reactive ketones (excluding diaryl/α,β-unsaturated/α-hetero) is 1. The summed E-state index contributed by atoms with van der Waals surface area (Å²) in [5, 5.41) is 12.0. The Balaban J connectivity index is 1.21. The van der Waals surface area contributed by atoms with Gasteiger partial charge < -0.3 is 4.74 Å². The van der Waals surface area contributed by atoms with Crippen molar-refractivity contribution in [3.05, 3.63) is 81.0 Å². The van der Waals surface area contributed by atoms with Gasteiger partial charge in [-0.3, -0.25) is 14.9 Å². The SMILES string of the molecule is O=C(OCC(=O)C12CC3CC(CC(C3)C1)C2)c1c2c(nc3ccccc13)C(=Cc1cccc([N+](=O)[O-])c1)CCC2. The molecule has 0 N–H and O–H groups in total. The van der Waals surface area contributed by atoms with Gasteiger partial charge in [-0.1, -0.05) is 30.3 Å². The third kappa shape index (κ3) is 4.32. The van der Waals surface area contributed by atoms with E-state index in [1.807, 2.05) is 36.4 Å². The summed E-state index contributed by atoms with van der Waals surface area (Å²) in [6.45, 7) is -0.174. The Morgan fingerprint density at radius 3 is 2.45 bits per heavy atom. The Bertz CT molecular complexity index is 1550. The van der Waals surface area contributed by atoms with E-state index in [0.29, 0.717) is 35.3 Å². The Labute approximate surface area is 232 Å². The largest absolute Gasteiger partial charge is 0.454 e. The molecule has 4 fully saturated rings. The molecule has 7 heteroatoms. The van der Waals surface area contributed by atoms with Gasteiger partial charge in [-0.05, 0) is 104 Å². The van der Waals surface area contributed by atoms with Crippen LogP contribution in [0.3, 0.4) is 0 Å². The predicted octanol–water partition coefficient (Wildman–Crippen LogP) is 6.96. The van der Waals surface area contributed by atoms with E-state index in [-0.39, 0.29) is 23.5 Å². The fraction of sp³-hybridized carbons (Fsp3) is 0.424. The van der Waals surface area contributed by atoms with Crippen LogP contribution in [0, 0.1) is 33.3 Å². The first-order chi connectivity index (χ1) is 19.4. The maximum Gasteiger partial charge on any atom is 0.339 e. The molecular weight excluding hydrogens is 504 g/mol. The topological polar surface area (TPSA) is 99.4 Å². The number of hydrogen-bond donors (Lipinski definition) is 0. The molecule has 0 radical (unpaired) electrons. The molecule has 1 aromatic heterocycles. The Morgan fingerprint density at radius 1 is 1.00 bits per heavy atom. The van der Waals surface area contributed by atoms with Crippen LogP contribution in [-0.2, 0) is 16.0 Å². The molecule has 4 saturated carbocycles. The second-order valence-electron chi connectivity index (χ2n) is 12.4. The average Bonchev–Trinajstić information content (AvgIpc) is 2.94. The number of nitrogens with zero attached hydrogens (tertiary/aromatic N) is 2. The zero-order valence-electron chi connectivity index (χ0n) is 22.4. The van der Waals surface area contributed by atoms with Crippen LogP contribution >= 0.6 is 0 Å². The minimum atomic E-state index is -0.468. The fourth-order valence-electron chi connectivity index (χ4n) is 8.45. The average molecular weight is 537 g/mol. The smallest absolute Gasteiger partial charge is 0.339 e. The second kappa shape index (κ2) is 9.65. The summed E-state index contributed by atoms with van der Waals surface area (Å²) >= 11 is 0. The number of allylic oxidation sites excluding steroid dienone is 1. The van der Waals surface area contributed by atoms with Gasteiger partial charge in [0.05, 0.1) is 21.7 Å². The number of esters is 1. The van der Waals surface area contributed by atoms with E-state index in [4.69, 9.17) is 9.72 Å². The van der Waals surface area contributed by atoms with E-state index >= 15 is 0 Å². The summed E-state index contributed by atoms with van der Waals surface area (Å²) in [4.78, 5) is 43.2. The summed E-state index contributed by atoms with van der Waals surface area (Å²) in [6, 6.07) is 14.1. The number of rotatable bonds is 6. The fourth-order valence-corrected chi connectivity index (χ4v) is 8.45. The van der Waals surface area contributed by atoms with Gasteiger partial charge in [0.1, 0.15) is 0 Å². The van der Waals surface area contributed by atoms with E-state index in [1.54, 1.807) is 12.1 Å². The molecule has 0 spiro atoms. The number of hydrogen-bond acceptors (Lipinski definition) is 6. The lowest BCUT2D eigenvalue weighted by Gasteiger charge is -2.55. The molecule has 0 aliphatic heterocycles. The molecule has 4 bridgehead atoms. The zero-order chi connectivity index (χ0) is 27.4. The number of ketones is 1. The maximum absolute atomic E-state index is 13.7. The third-order valence-electron chi connectivity index (χ3n) is 9.76. The van der Waals surface area contributed by atoms with Gasteiger partial charge >= 0.3 is 5.97 Å². The Kier molecular flexibility index (Phi) is 6.06. The molecule has 0 unspecified atom stereocenters. The van der Waals surface area contributed by atoms with Crippen LogP contribution in [0.1, 0.15) is 78.5 Å². The molecule has 0 saturated heterocycles. The maximum atomic E-state index is 13.7. The monoisotopic (exact) mass is 536 g/mol. The summed E-state index contributed by atoms with van der Waals surface area (Å²) in [5.74, 6) is 1.58. The van der Waals surface area contributed by atoms with Crippen molar-refractivity contribution in [2.75, 3.05) is 6.61 Å². The van der Waals surface area contributed by atoms with Crippen LogP contribution in [0.25, 0.3) is 22.6 Å². The third-order valence-corrected chi connectivity index (χ3v) is 9.76. The molecule has 8 rings (SSSR count). The molecule has 3 aromatic rings. The summed E-state index contributed by atoms with van der Waals surface area (Å²) < 4.78 is 5.84. The number of fused-ring (bicyclic) bond motifs is 2. The number of aromatic nitrogens is 1. The van der Waals surface area contributed by atoms with Crippen LogP contribution in [0.4, 0.5) is 5.69 Å². The van der Waals surface area contributed by atoms with E-state index in [1.165, 1.54) is 25.3 Å². The van der Waals surface area contributed by atoms with Crippen LogP contribution in [-0.4, -0.2) is 28.3 Å². The van der Waals surface area contributed by atoms with Crippen molar-refractivity contribution in [2.45, 2.75) is 57.8 Å². The van der Waals surface area contributed by atoms with Crippen molar-refractivity contribution >= 4 is 40.0 Å². The second-order valence-corrected chi connectivity index (χ2v) is 12.4. The van der Waals surface area contributed by atoms with Crippen molar-refractivity contribution in [3.63, 3.8) is 0 Å². The summed E-state index contributed by atoms with van der Waals surface area (Å²) in [7, 11) is 0. The lowest BCUT2D eigenvalue weighted by molar-refractivity contribution is -0.384. The molecule has 7 nitrogen and oxygen atoms in total. The number of para-hydroxylation sites is 1. The minimum Gasteiger partial charge on any atom is -0.454 e. The molecular formula is C33H32N2O5. The highest BCUT2D eigenvalue weighted by molar-refractivity contribution is 6.07. The van der Waals surface area contributed by atoms with Gasteiger partial charge in [-0.15, -0.1) is 0 Å². The number of ether oxygens (including phenoxy) is 1. The first kappa shape index (κ1) is 25.1. The van der Waals surface area contributed by atoms with Crippen LogP contribution in [0.2, 0.25) is 0 Å². The summed E-state index contributed by atoms with van der Waals surface area (Å²) in [6.07, 6.45) is 10.8. The van der Waals surface area contributed by atoms with Crippen molar-refractivity contribution in [1.82, 2.24) is 4.98 Å². The number of carbonyl (C=O) groups excluding carboxylic acids is 2. The standard InChI is InChI=1S/C33H32N2O5/c36-29(33-16-21-11-22(17-33)13-23(12-21)18-33)19-40-32(37)30-26-8-1-2-10-28(26)34-31-24(6-4-9-27(30)31)14-20-5-3-7-25(15-20)35(38)39/h1-3,5,7-8,10,14-15,21-23H,4,6,9,11-13,16-19H2. The lowest BCUT2D eigenvalue weighted by Crippen LogP contribution is -2.51. The van der Waals surface area contributed by atoms with E-state index < -0.39 is 10.9 Å². The van der Waals surface area contributed by atoms with Crippen molar-refractivity contribution in [1.29, 1.82) is 0 Å². The zero-order valence-corrected chi connectivity index (χ0v) is 22.4. The number of pyridine rings is 1. The highest BCUT2D eigenvalue weighted by atomic mass is 16.6. The van der Waals surface area contributed by atoms with Crippen LogP contribution in [0.15, 0.2) is 48.5 Å². The Morgan fingerprint density at radius 2 is 1.73 bits per heavy atom. The molecule has 2 aromatic carbocycles. The quantitative estimate of drug-likeness (QED) is 0.192. The molecule has 5 aliphatic carbocycles. The highest BCUT2D eigenvalue weighted by Gasteiger charge is 2.54. The first-order valence-corrected chi connectivity index (χ1v) is 14.5. The van der Waals surface area contributed by atoms with Crippen molar-refractivity contribution < 1.29 is 19.2 Å². The number of nitro benzene ring substituents is 1. The van der Waals surface area contributed by atoms with Gasteiger partial charge in [-0.2, -0.15) is 0 Å². The van der Waals surface area contributed by atoms with Crippen LogP contribution in [0.5, 0.6) is 0 Å². The van der Waals surface area contributed by atoms with E-state index in [0.717, 1.165) is 59.9 Å². The first-order valence-electron chi connectivity index (χ1n) is 14.5. The van der Waals surface area contributed by atoms with Gasteiger partial charge in [0.15, 0.2) is 12.4 Å². The molecule has 0 amide bonds. The molecule has 0 atom stereocenters. The van der Waals surface area contributed by atoms with Gasteiger partial charge in [0, 0.05) is 22.9 Å².